The fraction of sp³-hybridized carbons (Fsp3) is 0.368. The van der Waals surface area contributed by atoms with Crippen LogP contribution in [0.1, 0.15) is 38.2 Å². The average molecular weight is 310 g/mol. The Hall–Kier alpha value is -2.36. The topological polar surface area (TPSA) is 52.6 Å². The predicted octanol–water partition coefficient (Wildman–Crippen LogP) is 3.46. The number of ketones is 2. The SMILES string of the molecule is CC12CCC(=O)C=C1CCC(=Cc1ccc3c(c1)OCO3)C2=O. The Kier molecular flexibility index (Phi) is 3.15. The molecule has 4 nitrogen and oxygen atoms in total. The summed E-state index contributed by atoms with van der Waals surface area (Å²) in [7, 11) is 0. The number of benzene rings is 1. The van der Waals surface area contributed by atoms with E-state index in [1.807, 2.05) is 31.2 Å². The number of Topliss-reactive ketones (excluding diaryl/α,β-unsaturated/α-hetero) is 1. The Morgan fingerprint density at radius 1 is 1.09 bits per heavy atom. The van der Waals surface area contributed by atoms with Crippen molar-refractivity contribution < 1.29 is 19.1 Å². The third-order valence-corrected chi connectivity index (χ3v) is 5.11. The van der Waals surface area contributed by atoms with Gasteiger partial charge in [0.15, 0.2) is 23.1 Å². The van der Waals surface area contributed by atoms with Gasteiger partial charge in [-0.15, -0.1) is 0 Å². The van der Waals surface area contributed by atoms with Crippen LogP contribution in [0, 0.1) is 5.41 Å². The number of hydrogen-bond donors (Lipinski definition) is 0. The van der Waals surface area contributed by atoms with Gasteiger partial charge in [0.1, 0.15) is 0 Å². The van der Waals surface area contributed by atoms with E-state index in [9.17, 15) is 9.59 Å². The molecule has 1 unspecified atom stereocenters. The Morgan fingerprint density at radius 3 is 2.78 bits per heavy atom. The summed E-state index contributed by atoms with van der Waals surface area (Å²) in [6.07, 6.45) is 6.19. The van der Waals surface area contributed by atoms with E-state index in [4.69, 9.17) is 9.47 Å². The van der Waals surface area contributed by atoms with Gasteiger partial charge in [0.25, 0.3) is 0 Å². The molecule has 0 N–H and O–H groups in total. The first kappa shape index (κ1) is 14.2. The summed E-state index contributed by atoms with van der Waals surface area (Å²) in [5.41, 5.74) is 2.27. The van der Waals surface area contributed by atoms with Crippen molar-refractivity contribution in [2.24, 2.45) is 5.41 Å². The summed E-state index contributed by atoms with van der Waals surface area (Å²) in [4.78, 5) is 24.6. The molecular weight excluding hydrogens is 292 g/mol. The van der Waals surface area contributed by atoms with Crippen molar-refractivity contribution in [2.75, 3.05) is 6.79 Å². The largest absolute Gasteiger partial charge is 0.454 e. The van der Waals surface area contributed by atoms with E-state index in [2.05, 4.69) is 0 Å². The molecule has 1 fully saturated rings. The molecular formula is C19H18O4. The lowest BCUT2D eigenvalue weighted by atomic mass is 9.63. The van der Waals surface area contributed by atoms with E-state index in [1.165, 1.54) is 0 Å². The first-order valence-corrected chi connectivity index (χ1v) is 7.95. The van der Waals surface area contributed by atoms with Crippen LogP contribution in [0.5, 0.6) is 11.5 Å². The Balaban J connectivity index is 1.67. The van der Waals surface area contributed by atoms with Crippen LogP contribution >= 0.6 is 0 Å². The fourth-order valence-corrected chi connectivity index (χ4v) is 3.65. The molecule has 0 spiro atoms. The third-order valence-electron chi connectivity index (χ3n) is 5.11. The number of allylic oxidation sites excluding steroid dienone is 3. The lowest BCUT2D eigenvalue weighted by molar-refractivity contribution is -0.125. The number of ether oxygens (including phenoxy) is 2. The number of rotatable bonds is 1. The second-order valence-electron chi connectivity index (χ2n) is 6.58. The van der Waals surface area contributed by atoms with E-state index in [0.717, 1.165) is 34.6 Å². The summed E-state index contributed by atoms with van der Waals surface area (Å²) in [6, 6.07) is 5.71. The van der Waals surface area contributed by atoms with E-state index >= 15 is 0 Å². The van der Waals surface area contributed by atoms with Gasteiger partial charge < -0.3 is 9.47 Å². The average Bonchev–Trinajstić information content (AvgIpc) is 3.00. The minimum atomic E-state index is -0.506. The first-order valence-electron chi connectivity index (χ1n) is 7.95. The van der Waals surface area contributed by atoms with Crippen LogP contribution in [0.2, 0.25) is 0 Å². The number of carbonyl (C=O) groups is 2. The van der Waals surface area contributed by atoms with E-state index in [1.54, 1.807) is 6.08 Å². The molecule has 1 aliphatic heterocycles. The molecule has 23 heavy (non-hydrogen) atoms. The molecule has 1 aromatic carbocycles. The van der Waals surface area contributed by atoms with Crippen LogP contribution in [0.4, 0.5) is 0 Å². The lowest BCUT2D eigenvalue weighted by Crippen LogP contribution is -2.38. The Bertz CT molecular complexity index is 772. The van der Waals surface area contributed by atoms with Gasteiger partial charge in [-0.3, -0.25) is 9.59 Å². The fourth-order valence-electron chi connectivity index (χ4n) is 3.65. The standard InChI is InChI=1S/C19H18O4/c1-19-7-6-15(20)10-14(19)4-3-13(18(19)21)8-12-2-5-16-17(9-12)23-11-22-16/h2,5,8-10H,3-4,6-7,11H2,1H3. The second-order valence-corrected chi connectivity index (χ2v) is 6.58. The highest BCUT2D eigenvalue weighted by Crippen LogP contribution is 2.46. The molecule has 0 amide bonds. The Labute approximate surface area is 134 Å². The molecule has 0 aromatic heterocycles. The maximum absolute atomic E-state index is 12.9. The van der Waals surface area contributed by atoms with Crippen molar-refractivity contribution in [2.45, 2.75) is 32.6 Å². The summed E-state index contributed by atoms with van der Waals surface area (Å²) in [6.45, 7) is 2.22. The summed E-state index contributed by atoms with van der Waals surface area (Å²) < 4.78 is 10.7. The maximum atomic E-state index is 12.9. The molecule has 0 saturated heterocycles. The van der Waals surface area contributed by atoms with E-state index in [-0.39, 0.29) is 18.4 Å². The van der Waals surface area contributed by atoms with Gasteiger partial charge in [0.2, 0.25) is 6.79 Å². The number of fused-ring (bicyclic) bond motifs is 2. The monoisotopic (exact) mass is 310 g/mol. The van der Waals surface area contributed by atoms with Gasteiger partial charge in [0, 0.05) is 6.42 Å². The quantitative estimate of drug-likeness (QED) is 0.745. The molecule has 0 bridgehead atoms. The number of carbonyl (C=O) groups excluding carboxylic acids is 2. The zero-order valence-corrected chi connectivity index (χ0v) is 13.1. The van der Waals surface area contributed by atoms with Crippen molar-refractivity contribution in [3.63, 3.8) is 0 Å². The maximum Gasteiger partial charge on any atom is 0.231 e. The first-order chi connectivity index (χ1) is 11.1. The molecule has 1 aromatic rings. The van der Waals surface area contributed by atoms with Crippen LogP contribution in [0.25, 0.3) is 6.08 Å². The molecule has 4 heteroatoms. The summed E-state index contributed by atoms with van der Waals surface area (Å²) in [5.74, 6) is 1.76. The highest BCUT2D eigenvalue weighted by atomic mass is 16.7. The van der Waals surface area contributed by atoms with Crippen LogP contribution in [0.3, 0.4) is 0 Å². The summed E-state index contributed by atoms with van der Waals surface area (Å²) in [5, 5.41) is 0. The highest BCUT2D eigenvalue weighted by Gasteiger charge is 2.43. The van der Waals surface area contributed by atoms with Crippen LogP contribution in [0.15, 0.2) is 35.4 Å². The smallest absolute Gasteiger partial charge is 0.231 e. The van der Waals surface area contributed by atoms with Gasteiger partial charge in [0.05, 0.1) is 5.41 Å². The van der Waals surface area contributed by atoms with Gasteiger partial charge >= 0.3 is 0 Å². The molecule has 3 aliphatic rings. The lowest BCUT2D eigenvalue weighted by Gasteiger charge is -2.38. The third kappa shape index (κ3) is 2.29. The van der Waals surface area contributed by atoms with Gasteiger partial charge in [-0.05, 0) is 61.6 Å². The normalized spacial score (nSPS) is 27.9. The van der Waals surface area contributed by atoms with Crippen molar-refractivity contribution in [1.29, 1.82) is 0 Å². The van der Waals surface area contributed by atoms with Crippen molar-refractivity contribution in [3.05, 3.63) is 41.0 Å². The predicted molar refractivity (Wildman–Crippen MR) is 85.2 cm³/mol. The van der Waals surface area contributed by atoms with Crippen LogP contribution in [-0.2, 0) is 9.59 Å². The Morgan fingerprint density at radius 2 is 1.91 bits per heavy atom. The van der Waals surface area contributed by atoms with E-state index in [0.29, 0.717) is 19.3 Å². The highest BCUT2D eigenvalue weighted by molar-refractivity contribution is 6.08. The van der Waals surface area contributed by atoms with E-state index < -0.39 is 5.41 Å². The number of hydrogen-bond acceptors (Lipinski definition) is 4. The van der Waals surface area contributed by atoms with Crippen molar-refractivity contribution in [1.82, 2.24) is 0 Å². The second kappa shape index (κ2) is 5.08. The molecule has 1 saturated carbocycles. The zero-order valence-electron chi connectivity index (χ0n) is 13.1. The molecule has 1 heterocycles. The van der Waals surface area contributed by atoms with Crippen molar-refractivity contribution in [3.8, 4) is 11.5 Å². The van der Waals surface area contributed by atoms with Crippen LogP contribution in [-0.4, -0.2) is 18.4 Å². The minimum absolute atomic E-state index is 0.147. The molecule has 4 rings (SSSR count). The van der Waals surface area contributed by atoms with Gasteiger partial charge in [-0.2, -0.15) is 0 Å². The minimum Gasteiger partial charge on any atom is -0.454 e. The van der Waals surface area contributed by atoms with Gasteiger partial charge in [-0.1, -0.05) is 11.6 Å². The molecule has 1 atom stereocenters. The molecule has 118 valence electrons. The molecule has 2 aliphatic carbocycles. The molecule has 0 radical (unpaired) electrons. The van der Waals surface area contributed by atoms with Gasteiger partial charge in [-0.25, -0.2) is 0 Å². The zero-order chi connectivity index (χ0) is 16.0. The van der Waals surface area contributed by atoms with Crippen LogP contribution < -0.4 is 9.47 Å². The summed E-state index contributed by atoms with van der Waals surface area (Å²) >= 11 is 0. The van der Waals surface area contributed by atoms with Crippen molar-refractivity contribution >= 4 is 17.6 Å².